The summed E-state index contributed by atoms with van der Waals surface area (Å²) in [5.41, 5.74) is 0.419. The number of nitrogens with one attached hydrogen (secondary N) is 2. The number of fused-ring (bicyclic) bond motifs is 1. The number of H-pyrrole nitrogens is 1. The van der Waals surface area contributed by atoms with Gasteiger partial charge >= 0.3 is 18.0 Å². The minimum atomic E-state index is -1.14. The van der Waals surface area contributed by atoms with Gasteiger partial charge < -0.3 is 24.5 Å². The average molecular weight is 418 g/mol. The summed E-state index contributed by atoms with van der Waals surface area (Å²) in [7, 11) is 0. The van der Waals surface area contributed by atoms with Crippen LogP contribution >= 0.6 is 0 Å². The number of esters is 2. The molecule has 0 saturated heterocycles. The lowest BCUT2D eigenvalue weighted by Gasteiger charge is -2.28. The highest BCUT2D eigenvalue weighted by molar-refractivity contribution is 5.99. The number of hydrogen-bond acceptors (Lipinski definition) is 7. The Morgan fingerprint density at radius 3 is 2.37 bits per heavy atom. The largest absolute Gasteiger partial charge is 0.464 e. The van der Waals surface area contributed by atoms with Gasteiger partial charge in [0.1, 0.15) is 18.2 Å². The van der Waals surface area contributed by atoms with E-state index in [0.29, 0.717) is 17.2 Å². The van der Waals surface area contributed by atoms with E-state index in [1.807, 2.05) is 0 Å². The quantitative estimate of drug-likeness (QED) is 0.402. The molecule has 1 heterocycles. The van der Waals surface area contributed by atoms with Crippen LogP contribution in [-0.2, 0) is 23.8 Å². The molecule has 2 rings (SSSR count). The predicted molar refractivity (Wildman–Crippen MR) is 108 cm³/mol. The number of benzene rings is 1. The van der Waals surface area contributed by atoms with Crippen LogP contribution in [0.3, 0.4) is 0 Å². The van der Waals surface area contributed by atoms with Gasteiger partial charge in [-0.2, -0.15) is 0 Å². The molecule has 1 aromatic heterocycles. The Morgan fingerprint density at radius 1 is 1.13 bits per heavy atom. The van der Waals surface area contributed by atoms with E-state index in [1.165, 1.54) is 13.8 Å². The smallest absolute Gasteiger partial charge is 0.408 e. The molecule has 0 unspecified atom stereocenters. The Labute approximate surface area is 174 Å². The minimum Gasteiger partial charge on any atom is -0.464 e. The van der Waals surface area contributed by atoms with E-state index in [-0.39, 0.29) is 17.9 Å². The van der Waals surface area contributed by atoms with Crippen molar-refractivity contribution in [1.82, 2.24) is 10.3 Å². The molecule has 1 amide bonds. The lowest BCUT2D eigenvalue weighted by Crippen LogP contribution is -2.46. The fourth-order valence-electron chi connectivity index (χ4n) is 2.93. The summed E-state index contributed by atoms with van der Waals surface area (Å²) in [5, 5.41) is 3.20. The van der Waals surface area contributed by atoms with E-state index in [1.54, 1.807) is 45.0 Å². The number of rotatable bonds is 7. The van der Waals surface area contributed by atoms with Gasteiger partial charge in [-0.3, -0.25) is 14.4 Å². The van der Waals surface area contributed by atoms with E-state index in [9.17, 15) is 19.2 Å². The Balaban J connectivity index is 2.49. The number of carbonyl (C=O) groups is 4. The maximum absolute atomic E-state index is 12.4. The van der Waals surface area contributed by atoms with Crippen molar-refractivity contribution in [2.45, 2.75) is 52.4 Å². The highest BCUT2D eigenvalue weighted by atomic mass is 16.6. The summed E-state index contributed by atoms with van der Waals surface area (Å²) in [6, 6.07) is 6.04. The third-order valence-corrected chi connectivity index (χ3v) is 4.01. The summed E-state index contributed by atoms with van der Waals surface area (Å²) in [5.74, 6) is -1.23. The van der Waals surface area contributed by atoms with E-state index >= 15 is 0 Å². The molecule has 2 aromatic rings. The zero-order valence-electron chi connectivity index (χ0n) is 17.6. The maximum atomic E-state index is 12.4. The number of alkyl carbamates (subject to hydrolysis) is 1. The second-order valence-electron chi connectivity index (χ2n) is 7.70. The van der Waals surface area contributed by atoms with E-state index < -0.39 is 35.8 Å². The van der Waals surface area contributed by atoms with Crippen LogP contribution in [0.25, 0.3) is 10.9 Å². The summed E-state index contributed by atoms with van der Waals surface area (Å²) in [4.78, 5) is 50.5. The van der Waals surface area contributed by atoms with Crippen molar-refractivity contribution >= 4 is 35.2 Å². The topological polar surface area (TPSA) is 124 Å². The van der Waals surface area contributed by atoms with Crippen LogP contribution in [0.15, 0.2) is 24.3 Å². The molecule has 0 spiro atoms. The number of hydrogen-bond donors (Lipinski definition) is 2. The Hall–Kier alpha value is -3.36. The van der Waals surface area contributed by atoms with Crippen LogP contribution < -0.4 is 5.32 Å². The summed E-state index contributed by atoms with van der Waals surface area (Å²) >= 11 is 0. The van der Waals surface area contributed by atoms with Gasteiger partial charge in [-0.1, -0.05) is 18.2 Å². The van der Waals surface area contributed by atoms with Crippen LogP contribution in [0, 0.1) is 0 Å². The van der Waals surface area contributed by atoms with Crippen molar-refractivity contribution in [1.29, 1.82) is 0 Å². The number of amides is 1. The zero-order chi connectivity index (χ0) is 22.5. The van der Waals surface area contributed by atoms with Crippen LogP contribution in [-0.4, -0.2) is 47.6 Å². The summed E-state index contributed by atoms with van der Waals surface area (Å²) < 4.78 is 15.8. The molecule has 0 aliphatic rings. The molecule has 9 nitrogen and oxygen atoms in total. The van der Waals surface area contributed by atoms with Gasteiger partial charge in [0.05, 0.1) is 5.69 Å². The first kappa shape index (κ1) is 22.9. The van der Waals surface area contributed by atoms with Crippen molar-refractivity contribution in [3.05, 3.63) is 35.5 Å². The van der Waals surface area contributed by atoms with Crippen molar-refractivity contribution in [3.63, 3.8) is 0 Å². The first-order valence-corrected chi connectivity index (χ1v) is 9.37. The molecule has 0 aliphatic carbocycles. The summed E-state index contributed by atoms with van der Waals surface area (Å²) in [6.45, 7) is 7.19. The van der Waals surface area contributed by atoms with Gasteiger partial charge in [-0.15, -0.1) is 0 Å². The van der Waals surface area contributed by atoms with Gasteiger partial charge in [0, 0.05) is 30.3 Å². The second-order valence-corrected chi connectivity index (χ2v) is 7.70. The first-order chi connectivity index (χ1) is 14.0. The van der Waals surface area contributed by atoms with Crippen LogP contribution in [0.4, 0.5) is 4.79 Å². The fraction of sp³-hybridized carbons (Fsp3) is 0.429. The molecule has 2 N–H and O–H groups in total. The molecule has 0 bridgehead atoms. The number of aromatic amines is 1. The zero-order valence-corrected chi connectivity index (χ0v) is 17.6. The summed E-state index contributed by atoms with van der Waals surface area (Å²) in [6.07, 6.45) is -1.29. The molecule has 1 aromatic carbocycles. The number of para-hydroxylation sites is 1. The van der Waals surface area contributed by atoms with Crippen LogP contribution in [0.1, 0.15) is 56.8 Å². The monoisotopic (exact) mass is 418 g/mol. The van der Waals surface area contributed by atoms with Crippen molar-refractivity contribution < 1.29 is 33.4 Å². The van der Waals surface area contributed by atoms with Crippen molar-refractivity contribution in [2.75, 3.05) is 6.61 Å². The SMILES string of the molecule is CC(=O)OC[C@H](NC(=O)OC(C)(C)C)[C@H](OC(C)=O)c1[nH]c2ccccc2c1C=O. The number of aldehydes is 1. The Kier molecular flexibility index (Phi) is 7.20. The van der Waals surface area contributed by atoms with Crippen LogP contribution in [0.5, 0.6) is 0 Å². The number of aromatic nitrogens is 1. The molecule has 0 radical (unpaired) electrons. The normalized spacial score (nSPS) is 13.2. The van der Waals surface area contributed by atoms with E-state index in [0.717, 1.165) is 0 Å². The molecule has 162 valence electrons. The Bertz CT molecular complexity index is 942. The third kappa shape index (κ3) is 6.07. The van der Waals surface area contributed by atoms with E-state index in [4.69, 9.17) is 14.2 Å². The fourth-order valence-corrected chi connectivity index (χ4v) is 2.93. The van der Waals surface area contributed by atoms with Gasteiger partial charge in [-0.05, 0) is 26.8 Å². The highest BCUT2D eigenvalue weighted by Gasteiger charge is 2.34. The standard InChI is InChI=1S/C21H26N2O7/c1-12(25)28-11-17(23-20(27)30-21(3,4)5)19(29-13(2)26)18-15(10-24)14-8-6-7-9-16(14)22-18/h6-10,17,19,22H,11H2,1-5H3,(H,23,27)/t17-,19-/m0/s1. The van der Waals surface area contributed by atoms with E-state index in [2.05, 4.69) is 10.3 Å². The first-order valence-electron chi connectivity index (χ1n) is 9.37. The van der Waals surface area contributed by atoms with Gasteiger partial charge in [-0.25, -0.2) is 4.79 Å². The average Bonchev–Trinajstić information content (AvgIpc) is 2.99. The molecule has 0 fully saturated rings. The van der Waals surface area contributed by atoms with Gasteiger partial charge in [0.15, 0.2) is 12.4 Å². The maximum Gasteiger partial charge on any atom is 0.408 e. The molecule has 0 saturated carbocycles. The van der Waals surface area contributed by atoms with Crippen molar-refractivity contribution in [3.8, 4) is 0 Å². The number of ether oxygens (including phenoxy) is 3. The second kappa shape index (κ2) is 9.43. The lowest BCUT2D eigenvalue weighted by atomic mass is 10.0. The molecule has 30 heavy (non-hydrogen) atoms. The lowest BCUT2D eigenvalue weighted by molar-refractivity contribution is -0.151. The molecular formula is C21H26N2O7. The third-order valence-electron chi connectivity index (χ3n) is 4.01. The van der Waals surface area contributed by atoms with Crippen LogP contribution in [0.2, 0.25) is 0 Å². The molecule has 2 atom stereocenters. The molecule has 9 heteroatoms. The van der Waals surface area contributed by atoms with Gasteiger partial charge in [0.2, 0.25) is 0 Å². The molecule has 0 aliphatic heterocycles. The highest BCUT2D eigenvalue weighted by Crippen LogP contribution is 2.30. The predicted octanol–water partition coefficient (Wildman–Crippen LogP) is 3.04. The minimum absolute atomic E-state index is 0.273. The van der Waals surface area contributed by atoms with Crippen molar-refractivity contribution in [2.24, 2.45) is 0 Å². The van der Waals surface area contributed by atoms with Gasteiger partial charge in [0.25, 0.3) is 0 Å². The number of carbonyl (C=O) groups excluding carboxylic acids is 4. The Morgan fingerprint density at radius 2 is 1.80 bits per heavy atom. The molecular weight excluding hydrogens is 392 g/mol.